The Hall–Kier alpha value is -0.940. The number of fused-ring (bicyclic) bond motifs is 2. The van der Waals surface area contributed by atoms with Crippen molar-refractivity contribution in [1.82, 2.24) is 10.3 Å². The largest absolute Gasteiger partial charge is 0.347 e. The fourth-order valence-electron chi connectivity index (χ4n) is 6.69. The molecule has 2 aromatic heterocycles. The first kappa shape index (κ1) is 19.0. The van der Waals surface area contributed by atoms with Crippen molar-refractivity contribution < 1.29 is 4.79 Å². The molecule has 3 aliphatic rings. The van der Waals surface area contributed by atoms with Crippen molar-refractivity contribution in [2.75, 3.05) is 0 Å². The van der Waals surface area contributed by atoms with Crippen molar-refractivity contribution in [3.8, 4) is 0 Å². The second-order valence-corrected chi connectivity index (χ2v) is 11.1. The molecule has 0 aromatic carbocycles. The van der Waals surface area contributed by atoms with Gasteiger partial charge in [-0.2, -0.15) is 0 Å². The van der Waals surface area contributed by atoms with E-state index in [4.69, 9.17) is 0 Å². The predicted octanol–water partition coefficient (Wildman–Crippen LogP) is 6.69. The van der Waals surface area contributed by atoms with Gasteiger partial charge in [0.05, 0.1) is 4.47 Å². The summed E-state index contributed by atoms with van der Waals surface area (Å²) in [5.41, 5.74) is 2.96. The highest BCUT2D eigenvalue weighted by molar-refractivity contribution is 9.10. The molecule has 1 amide bonds. The molecule has 0 radical (unpaired) electrons. The molecule has 2 spiro atoms. The Kier molecular flexibility index (Phi) is 4.63. The van der Waals surface area contributed by atoms with Crippen LogP contribution in [0, 0.1) is 24.7 Å². The van der Waals surface area contributed by atoms with Gasteiger partial charge >= 0.3 is 0 Å². The molecular formula is C23H29BrN2OS. The third kappa shape index (κ3) is 2.64. The van der Waals surface area contributed by atoms with Crippen LogP contribution < -0.4 is 5.32 Å². The molecule has 5 rings (SSSR count). The fraction of sp³-hybridized carbons (Fsp3) is 0.652. The number of rotatable bonds is 2. The predicted molar refractivity (Wildman–Crippen MR) is 119 cm³/mol. The van der Waals surface area contributed by atoms with Crippen LogP contribution in [0.3, 0.4) is 0 Å². The molecule has 5 heteroatoms. The van der Waals surface area contributed by atoms with Crippen molar-refractivity contribution in [1.29, 1.82) is 0 Å². The molecule has 150 valence electrons. The van der Waals surface area contributed by atoms with E-state index in [0.717, 1.165) is 25.3 Å². The summed E-state index contributed by atoms with van der Waals surface area (Å²) in [6.45, 7) is 4.12. The van der Waals surface area contributed by atoms with Gasteiger partial charge in [-0.1, -0.05) is 38.5 Å². The van der Waals surface area contributed by atoms with E-state index in [0.29, 0.717) is 16.9 Å². The molecule has 2 heterocycles. The number of hydrogen-bond acceptors (Lipinski definition) is 3. The molecule has 3 aliphatic carbocycles. The number of aromatic nitrogens is 1. The van der Waals surface area contributed by atoms with E-state index in [1.165, 1.54) is 81.1 Å². The average molecular weight is 461 g/mol. The van der Waals surface area contributed by atoms with Gasteiger partial charge in [0.25, 0.3) is 5.91 Å². The van der Waals surface area contributed by atoms with Crippen molar-refractivity contribution in [3.05, 3.63) is 26.7 Å². The summed E-state index contributed by atoms with van der Waals surface area (Å²) >= 11 is 5.25. The van der Waals surface area contributed by atoms with Crippen molar-refractivity contribution in [2.45, 2.75) is 84.1 Å². The van der Waals surface area contributed by atoms with Crippen molar-refractivity contribution in [3.63, 3.8) is 0 Å². The summed E-state index contributed by atoms with van der Waals surface area (Å²) in [6, 6.07) is 2.47. The number of carbonyl (C=O) groups excluding carboxylic acids is 1. The van der Waals surface area contributed by atoms with E-state index in [9.17, 15) is 4.79 Å². The minimum Gasteiger partial charge on any atom is -0.347 e. The minimum absolute atomic E-state index is 0.101. The number of pyridine rings is 1. The Labute approximate surface area is 179 Å². The van der Waals surface area contributed by atoms with Crippen LogP contribution >= 0.6 is 27.3 Å². The lowest BCUT2D eigenvalue weighted by Gasteiger charge is -2.31. The second kappa shape index (κ2) is 6.80. The Balaban J connectivity index is 1.46. The summed E-state index contributed by atoms with van der Waals surface area (Å²) in [7, 11) is 0. The van der Waals surface area contributed by atoms with Gasteiger partial charge < -0.3 is 5.32 Å². The first-order valence-electron chi connectivity index (χ1n) is 10.9. The zero-order chi connectivity index (χ0) is 19.5. The number of amides is 1. The lowest BCUT2D eigenvalue weighted by Crippen LogP contribution is -2.31. The number of nitrogens with one attached hydrogen (secondary N) is 1. The normalized spacial score (nSPS) is 23.4. The smallest absolute Gasteiger partial charge is 0.262 e. The molecule has 3 saturated carbocycles. The number of hydrogen-bond donors (Lipinski definition) is 1. The molecule has 0 saturated heterocycles. The molecule has 1 N–H and O–H groups in total. The lowest BCUT2D eigenvalue weighted by molar-refractivity contribution is 0.0943. The van der Waals surface area contributed by atoms with Gasteiger partial charge in [0, 0.05) is 17.1 Å². The number of nitrogens with zero attached hydrogens (tertiary/aromatic N) is 1. The molecule has 2 aromatic rings. The molecule has 0 atom stereocenters. The summed E-state index contributed by atoms with van der Waals surface area (Å²) in [5, 5.41) is 4.63. The van der Waals surface area contributed by atoms with Gasteiger partial charge in [-0.3, -0.25) is 4.79 Å². The van der Waals surface area contributed by atoms with Gasteiger partial charge in [0.1, 0.15) is 9.71 Å². The Morgan fingerprint density at radius 1 is 1.07 bits per heavy atom. The van der Waals surface area contributed by atoms with Gasteiger partial charge in [-0.15, -0.1) is 11.3 Å². The van der Waals surface area contributed by atoms with Crippen LogP contribution in [0.1, 0.15) is 85.1 Å². The van der Waals surface area contributed by atoms with Crippen LogP contribution in [0.2, 0.25) is 0 Å². The zero-order valence-corrected chi connectivity index (χ0v) is 19.3. The molecule has 28 heavy (non-hydrogen) atoms. The number of thiophene rings is 1. The topological polar surface area (TPSA) is 42.0 Å². The monoisotopic (exact) mass is 460 g/mol. The lowest BCUT2D eigenvalue weighted by atomic mass is 9.73. The zero-order valence-electron chi connectivity index (χ0n) is 16.9. The molecule has 0 bridgehead atoms. The maximum absolute atomic E-state index is 13.4. The number of halogens is 1. The Morgan fingerprint density at radius 3 is 2.21 bits per heavy atom. The van der Waals surface area contributed by atoms with Crippen molar-refractivity contribution in [2.24, 2.45) is 10.8 Å². The van der Waals surface area contributed by atoms with Crippen molar-refractivity contribution >= 4 is 43.4 Å². The van der Waals surface area contributed by atoms with Crippen LogP contribution in [0.15, 0.2) is 10.5 Å². The summed E-state index contributed by atoms with van der Waals surface area (Å²) in [6.07, 6.45) is 13.3. The van der Waals surface area contributed by atoms with Gasteiger partial charge in [-0.25, -0.2) is 4.98 Å². The van der Waals surface area contributed by atoms with E-state index in [2.05, 4.69) is 39.2 Å². The van der Waals surface area contributed by atoms with Crippen LogP contribution in [-0.2, 0) is 0 Å². The Bertz CT molecular complexity index is 914. The molecule has 3 fully saturated rings. The van der Waals surface area contributed by atoms with E-state index in [1.54, 1.807) is 0 Å². The van der Waals surface area contributed by atoms with Crippen LogP contribution in [0.25, 0.3) is 10.2 Å². The van der Waals surface area contributed by atoms with Crippen LogP contribution in [-0.4, -0.2) is 16.9 Å². The van der Waals surface area contributed by atoms with E-state index in [-0.39, 0.29) is 5.91 Å². The molecule has 3 nitrogen and oxygen atoms in total. The van der Waals surface area contributed by atoms with Gasteiger partial charge in [-0.05, 0) is 77.9 Å². The first-order chi connectivity index (χ1) is 13.5. The second-order valence-electron chi connectivity index (χ2n) is 9.35. The highest BCUT2D eigenvalue weighted by Gasteiger charge is 2.75. The standard InChI is InChI=1S/C23H29BrN2OS/c1-14-13-15(2)25-20-16(14)17(24)18(28-20)19(27)26-21-22(9-5-3-6-10-22)23(21)11-7-4-8-12-23/h13,21H,3-12H2,1-2H3,(H,26,27). The average Bonchev–Trinajstić information content (AvgIpc) is 2.97. The maximum atomic E-state index is 13.4. The maximum Gasteiger partial charge on any atom is 0.262 e. The highest BCUT2D eigenvalue weighted by Crippen LogP contribution is 2.75. The third-order valence-corrected chi connectivity index (χ3v) is 10.1. The number of carbonyl (C=O) groups is 1. The van der Waals surface area contributed by atoms with E-state index >= 15 is 0 Å². The molecule has 0 aliphatic heterocycles. The van der Waals surface area contributed by atoms with Crippen LogP contribution in [0.4, 0.5) is 0 Å². The Morgan fingerprint density at radius 2 is 1.64 bits per heavy atom. The highest BCUT2D eigenvalue weighted by atomic mass is 79.9. The van der Waals surface area contributed by atoms with Gasteiger partial charge in [0.15, 0.2) is 0 Å². The number of aryl methyl sites for hydroxylation is 2. The fourth-order valence-corrected chi connectivity index (χ4v) is 8.84. The third-order valence-electron chi connectivity index (χ3n) is 7.92. The summed E-state index contributed by atoms with van der Waals surface area (Å²) in [4.78, 5) is 19.8. The molecule has 0 unspecified atom stereocenters. The van der Waals surface area contributed by atoms with E-state index < -0.39 is 0 Å². The van der Waals surface area contributed by atoms with Gasteiger partial charge in [0.2, 0.25) is 0 Å². The minimum atomic E-state index is 0.101. The van der Waals surface area contributed by atoms with Crippen LogP contribution in [0.5, 0.6) is 0 Å². The van der Waals surface area contributed by atoms with E-state index in [1.807, 2.05) is 6.92 Å². The summed E-state index contributed by atoms with van der Waals surface area (Å²) in [5.74, 6) is 0.101. The SMILES string of the molecule is Cc1cc(C)c2c(Br)c(C(=O)NC3C4(CCCCC4)C34CCCCC4)sc2n1. The quantitative estimate of drug-likeness (QED) is 0.542. The molecular weight excluding hydrogens is 432 g/mol. The summed E-state index contributed by atoms with van der Waals surface area (Å²) < 4.78 is 0.922. The first-order valence-corrected chi connectivity index (χ1v) is 12.5.